The Morgan fingerprint density at radius 2 is 1.62 bits per heavy atom. The third-order valence-corrected chi connectivity index (χ3v) is 5.67. The zero-order valence-electron chi connectivity index (χ0n) is 16.5. The molecular formula is C20H23NO7S. The minimum atomic E-state index is -4.19. The van der Waals surface area contributed by atoms with Crippen LogP contribution in [0.2, 0.25) is 0 Å². The molecule has 0 amide bonds. The van der Waals surface area contributed by atoms with Crippen molar-refractivity contribution in [3.63, 3.8) is 0 Å². The molecule has 2 aromatic rings. The van der Waals surface area contributed by atoms with E-state index in [1.807, 2.05) is 6.92 Å². The maximum atomic E-state index is 13.3. The van der Waals surface area contributed by atoms with Gasteiger partial charge in [-0.1, -0.05) is 12.1 Å². The first-order valence-corrected chi connectivity index (χ1v) is 10.4. The van der Waals surface area contributed by atoms with Crippen LogP contribution in [0, 0.1) is 0 Å². The van der Waals surface area contributed by atoms with Crippen molar-refractivity contribution in [2.24, 2.45) is 0 Å². The topological polar surface area (TPSA) is 99.2 Å². The molecule has 0 atom stereocenters. The minimum Gasteiger partial charge on any atom is -0.494 e. The number of methoxy groups -OCH3 is 1. The lowest BCUT2D eigenvalue weighted by molar-refractivity contribution is -0.138. The summed E-state index contributed by atoms with van der Waals surface area (Å²) in [4.78, 5) is 24.2. The van der Waals surface area contributed by atoms with E-state index in [2.05, 4.69) is 4.74 Å². The number of carbonyl (C=O) groups excluding carboxylic acids is 2. The maximum absolute atomic E-state index is 13.3. The van der Waals surface area contributed by atoms with E-state index < -0.39 is 28.5 Å². The molecule has 2 rings (SSSR count). The van der Waals surface area contributed by atoms with E-state index in [9.17, 15) is 18.0 Å². The van der Waals surface area contributed by atoms with Crippen molar-refractivity contribution >= 4 is 27.6 Å². The fraction of sp³-hybridized carbons (Fsp3) is 0.300. The highest BCUT2D eigenvalue weighted by Gasteiger charge is 2.31. The zero-order chi connectivity index (χ0) is 21.4. The van der Waals surface area contributed by atoms with Crippen LogP contribution in [0.3, 0.4) is 0 Å². The van der Waals surface area contributed by atoms with E-state index in [1.165, 1.54) is 36.4 Å². The van der Waals surface area contributed by atoms with Crippen LogP contribution in [0.15, 0.2) is 53.4 Å². The van der Waals surface area contributed by atoms with Gasteiger partial charge in [-0.2, -0.15) is 0 Å². The van der Waals surface area contributed by atoms with Crippen LogP contribution in [0.25, 0.3) is 0 Å². The SMILES string of the molecule is CCOC(=O)c1ccccc1N(CC(=O)OC)S(=O)(=O)c1ccc(OCC)cc1. The summed E-state index contributed by atoms with van der Waals surface area (Å²) in [6, 6.07) is 11.8. The molecule has 0 radical (unpaired) electrons. The van der Waals surface area contributed by atoms with Gasteiger partial charge in [0.15, 0.2) is 0 Å². The van der Waals surface area contributed by atoms with Crippen LogP contribution in [-0.2, 0) is 24.3 Å². The van der Waals surface area contributed by atoms with E-state index in [0.29, 0.717) is 12.4 Å². The predicted octanol–water partition coefficient (Wildman–Crippen LogP) is 2.63. The van der Waals surface area contributed by atoms with Crippen LogP contribution < -0.4 is 9.04 Å². The van der Waals surface area contributed by atoms with Gasteiger partial charge in [0.2, 0.25) is 0 Å². The van der Waals surface area contributed by atoms with E-state index in [0.717, 1.165) is 11.4 Å². The molecule has 0 spiro atoms. The van der Waals surface area contributed by atoms with Crippen molar-refractivity contribution in [1.29, 1.82) is 0 Å². The molecule has 2 aromatic carbocycles. The molecule has 0 fully saturated rings. The van der Waals surface area contributed by atoms with Crippen molar-refractivity contribution in [2.45, 2.75) is 18.7 Å². The molecule has 0 saturated heterocycles. The lowest BCUT2D eigenvalue weighted by atomic mass is 10.2. The smallest absolute Gasteiger partial charge is 0.340 e. The molecule has 0 heterocycles. The van der Waals surface area contributed by atoms with Gasteiger partial charge in [0.05, 0.1) is 36.5 Å². The van der Waals surface area contributed by atoms with Gasteiger partial charge in [0.25, 0.3) is 10.0 Å². The average Bonchev–Trinajstić information content (AvgIpc) is 2.72. The Balaban J connectivity index is 2.56. The molecule has 9 heteroatoms. The van der Waals surface area contributed by atoms with Crippen LogP contribution in [0.1, 0.15) is 24.2 Å². The molecule has 0 aliphatic carbocycles. The second-order valence-corrected chi connectivity index (χ2v) is 7.59. The Morgan fingerprint density at radius 1 is 0.966 bits per heavy atom. The highest BCUT2D eigenvalue weighted by atomic mass is 32.2. The number of carbonyl (C=O) groups is 2. The summed E-state index contributed by atoms with van der Waals surface area (Å²) >= 11 is 0. The van der Waals surface area contributed by atoms with Gasteiger partial charge in [-0.25, -0.2) is 13.2 Å². The number of sulfonamides is 1. The van der Waals surface area contributed by atoms with E-state index in [1.54, 1.807) is 19.1 Å². The summed E-state index contributed by atoms with van der Waals surface area (Å²) in [7, 11) is -3.04. The Hall–Kier alpha value is -3.07. The summed E-state index contributed by atoms with van der Waals surface area (Å²) in [5.74, 6) is -0.962. The van der Waals surface area contributed by atoms with Gasteiger partial charge in [-0.05, 0) is 50.2 Å². The molecule has 0 aromatic heterocycles. The molecule has 0 bridgehead atoms. The van der Waals surface area contributed by atoms with E-state index in [4.69, 9.17) is 9.47 Å². The monoisotopic (exact) mass is 421 g/mol. The first kappa shape index (κ1) is 22.2. The van der Waals surface area contributed by atoms with Crippen molar-refractivity contribution < 1.29 is 32.2 Å². The zero-order valence-corrected chi connectivity index (χ0v) is 17.3. The van der Waals surface area contributed by atoms with Crippen molar-refractivity contribution in [2.75, 3.05) is 31.2 Å². The lowest BCUT2D eigenvalue weighted by Gasteiger charge is -2.25. The quantitative estimate of drug-likeness (QED) is 0.574. The Labute approximate surface area is 170 Å². The first-order chi connectivity index (χ1) is 13.8. The van der Waals surface area contributed by atoms with Crippen molar-refractivity contribution in [3.8, 4) is 5.75 Å². The van der Waals surface area contributed by atoms with Crippen LogP contribution in [0.4, 0.5) is 5.69 Å². The van der Waals surface area contributed by atoms with Crippen molar-refractivity contribution in [3.05, 3.63) is 54.1 Å². The lowest BCUT2D eigenvalue weighted by Crippen LogP contribution is -2.37. The summed E-state index contributed by atoms with van der Waals surface area (Å²) in [5, 5.41) is 0. The molecule has 0 aliphatic heterocycles. The highest BCUT2D eigenvalue weighted by Crippen LogP contribution is 2.28. The molecule has 0 saturated carbocycles. The number of rotatable bonds is 9. The summed E-state index contributed by atoms with van der Waals surface area (Å²) < 4.78 is 42.5. The number of para-hydroxylation sites is 1. The normalized spacial score (nSPS) is 10.9. The highest BCUT2D eigenvalue weighted by molar-refractivity contribution is 7.92. The van der Waals surface area contributed by atoms with Crippen LogP contribution in [0.5, 0.6) is 5.75 Å². The molecule has 8 nitrogen and oxygen atoms in total. The van der Waals surface area contributed by atoms with Crippen LogP contribution in [-0.4, -0.2) is 47.2 Å². The summed E-state index contributed by atoms with van der Waals surface area (Å²) in [6.07, 6.45) is 0. The van der Waals surface area contributed by atoms with Gasteiger partial charge < -0.3 is 14.2 Å². The van der Waals surface area contributed by atoms with Gasteiger partial charge in [0, 0.05) is 0 Å². The number of hydrogen-bond acceptors (Lipinski definition) is 7. The van der Waals surface area contributed by atoms with Gasteiger partial charge in [0.1, 0.15) is 12.3 Å². The largest absolute Gasteiger partial charge is 0.494 e. The third kappa shape index (κ3) is 5.26. The predicted molar refractivity (Wildman–Crippen MR) is 107 cm³/mol. The number of hydrogen-bond donors (Lipinski definition) is 0. The van der Waals surface area contributed by atoms with E-state index >= 15 is 0 Å². The second kappa shape index (κ2) is 9.92. The number of esters is 2. The van der Waals surface area contributed by atoms with Gasteiger partial charge in [-0.3, -0.25) is 9.10 Å². The Bertz CT molecular complexity index is 955. The fourth-order valence-electron chi connectivity index (χ4n) is 2.56. The van der Waals surface area contributed by atoms with Crippen LogP contribution >= 0.6 is 0 Å². The maximum Gasteiger partial charge on any atom is 0.340 e. The van der Waals surface area contributed by atoms with Gasteiger partial charge >= 0.3 is 11.9 Å². The second-order valence-electron chi connectivity index (χ2n) is 5.73. The molecule has 0 aliphatic rings. The number of anilines is 1. The standard InChI is InChI=1S/C20H23NO7S/c1-4-27-15-10-12-16(13-11-15)29(24,25)21(14-19(22)26-3)18-9-7-6-8-17(18)20(23)28-5-2/h6-13H,4-5,14H2,1-3H3. The molecular weight excluding hydrogens is 398 g/mol. The number of ether oxygens (including phenoxy) is 3. The van der Waals surface area contributed by atoms with Gasteiger partial charge in [-0.15, -0.1) is 0 Å². The molecule has 156 valence electrons. The average molecular weight is 421 g/mol. The Kier molecular flexibility index (Phi) is 7.60. The third-order valence-electron chi connectivity index (χ3n) is 3.89. The Morgan fingerprint density at radius 3 is 2.21 bits per heavy atom. The molecule has 0 unspecified atom stereocenters. The first-order valence-electron chi connectivity index (χ1n) is 8.93. The fourth-order valence-corrected chi connectivity index (χ4v) is 3.98. The minimum absolute atomic E-state index is 0.0187. The molecule has 0 N–H and O–H groups in total. The summed E-state index contributed by atoms with van der Waals surface area (Å²) in [5.41, 5.74) is 0.0398. The summed E-state index contributed by atoms with van der Waals surface area (Å²) in [6.45, 7) is 3.41. The molecule has 29 heavy (non-hydrogen) atoms. The van der Waals surface area contributed by atoms with Crippen molar-refractivity contribution in [1.82, 2.24) is 0 Å². The number of benzene rings is 2. The van der Waals surface area contributed by atoms with E-state index in [-0.39, 0.29) is 22.8 Å². The number of nitrogens with zero attached hydrogens (tertiary/aromatic N) is 1.